The summed E-state index contributed by atoms with van der Waals surface area (Å²) in [7, 11) is 3.23. The van der Waals surface area contributed by atoms with Gasteiger partial charge in [0.05, 0.1) is 25.9 Å². The van der Waals surface area contributed by atoms with Crippen LogP contribution < -0.4 is 19.9 Å². The van der Waals surface area contributed by atoms with Crippen molar-refractivity contribution in [3.63, 3.8) is 0 Å². The first-order valence-corrected chi connectivity index (χ1v) is 10.3. The normalized spacial score (nSPS) is 20.9. The van der Waals surface area contributed by atoms with Crippen molar-refractivity contribution in [1.29, 1.82) is 0 Å². The van der Waals surface area contributed by atoms with Crippen molar-refractivity contribution in [2.24, 2.45) is 4.99 Å². The summed E-state index contributed by atoms with van der Waals surface area (Å²) in [6.45, 7) is 2.29. The van der Waals surface area contributed by atoms with E-state index in [-0.39, 0.29) is 23.7 Å². The largest absolute Gasteiger partial charge is 0.497 e. The molecule has 8 heteroatoms. The van der Waals surface area contributed by atoms with Crippen LogP contribution in [0, 0.1) is 0 Å². The highest BCUT2D eigenvalue weighted by Gasteiger charge is 2.38. The summed E-state index contributed by atoms with van der Waals surface area (Å²) in [6.07, 6.45) is 1.67. The van der Waals surface area contributed by atoms with Gasteiger partial charge in [-0.25, -0.2) is 10.0 Å². The van der Waals surface area contributed by atoms with Gasteiger partial charge in [-0.15, -0.1) is 0 Å². The molecule has 2 heterocycles. The predicted octanol–water partition coefficient (Wildman–Crippen LogP) is 2.71. The summed E-state index contributed by atoms with van der Waals surface area (Å²) in [5.74, 6) is 1.11. The lowest BCUT2D eigenvalue weighted by Gasteiger charge is -2.33. The maximum atomic E-state index is 13.5. The van der Waals surface area contributed by atoms with E-state index < -0.39 is 6.04 Å². The second-order valence-electron chi connectivity index (χ2n) is 7.54. The van der Waals surface area contributed by atoms with Crippen LogP contribution in [0.2, 0.25) is 0 Å². The van der Waals surface area contributed by atoms with E-state index in [2.05, 4.69) is 10.4 Å². The number of para-hydroxylation sites is 1. The number of amidine groups is 1. The number of benzene rings is 2. The lowest BCUT2D eigenvalue weighted by atomic mass is 10.0. The number of anilines is 1. The van der Waals surface area contributed by atoms with Crippen molar-refractivity contribution in [3.05, 3.63) is 54.1 Å². The number of amides is 2. The van der Waals surface area contributed by atoms with Crippen molar-refractivity contribution in [1.82, 2.24) is 10.3 Å². The molecule has 0 bridgehead atoms. The standard InChI is InChI=1S/C23H26N4O4/c1-15-22(28)27(16-8-5-4-6-9-16)25-21(24-15)23(29)26-13-7-10-19(26)18-14-17(30-2)11-12-20(18)31-3/h4-6,8-9,11-12,14-15,19H,7,10,13H2,1-3H3,(H,24,25)/t15-,19-/m1/s1. The zero-order valence-electron chi connectivity index (χ0n) is 17.9. The average molecular weight is 422 g/mol. The molecule has 2 aliphatic rings. The fourth-order valence-corrected chi connectivity index (χ4v) is 4.07. The fraction of sp³-hybridized carbons (Fsp3) is 0.348. The van der Waals surface area contributed by atoms with Crippen LogP contribution in [-0.2, 0) is 9.59 Å². The van der Waals surface area contributed by atoms with Crippen LogP contribution in [0.1, 0.15) is 31.4 Å². The second kappa shape index (κ2) is 8.67. The minimum atomic E-state index is -0.659. The molecule has 2 atom stereocenters. The molecule has 2 aromatic carbocycles. The highest BCUT2D eigenvalue weighted by atomic mass is 16.5. The molecule has 162 valence electrons. The Hall–Kier alpha value is -3.55. The number of carbonyl (C=O) groups is 2. The molecule has 31 heavy (non-hydrogen) atoms. The smallest absolute Gasteiger partial charge is 0.291 e. The number of nitrogens with zero attached hydrogens (tertiary/aromatic N) is 3. The number of likely N-dealkylation sites (tertiary alicyclic amines) is 1. The molecule has 2 amide bonds. The lowest BCUT2D eigenvalue weighted by Crippen LogP contribution is -2.58. The fourth-order valence-electron chi connectivity index (χ4n) is 4.07. The van der Waals surface area contributed by atoms with Crippen molar-refractivity contribution < 1.29 is 19.1 Å². The number of rotatable bonds is 5. The van der Waals surface area contributed by atoms with E-state index in [1.54, 1.807) is 26.0 Å². The first kappa shape index (κ1) is 20.7. The molecule has 0 aromatic heterocycles. The Labute approximate surface area is 181 Å². The summed E-state index contributed by atoms with van der Waals surface area (Å²) >= 11 is 0. The van der Waals surface area contributed by atoms with E-state index in [0.29, 0.717) is 23.7 Å². The van der Waals surface area contributed by atoms with Gasteiger partial charge in [0.15, 0.2) is 0 Å². The van der Waals surface area contributed by atoms with Gasteiger partial charge in [-0.1, -0.05) is 18.2 Å². The quantitative estimate of drug-likeness (QED) is 0.801. The molecule has 2 aliphatic heterocycles. The summed E-state index contributed by atoms with van der Waals surface area (Å²) in [5, 5.41) is 1.39. The zero-order chi connectivity index (χ0) is 22.0. The molecule has 4 rings (SSSR count). The summed E-state index contributed by atoms with van der Waals surface area (Å²) < 4.78 is 10.9. The minimum Gasteiger partial charge on any atom is -0.497 e. The molecule has 0 aliphatic carbocycles. The van der Waals surface area contributed by atoms with Gasteiger partial charge < -0.3 is 14.4 Å². The number of nitrogens with one attached hydrogen (secondary N) is 1. The van der Waals surface area contributed by atoms with Crippen molar-refractivity contribution in [3.8, 4) is 11.5 Å². The number of ether oxygens (including phenoxy) is 2. The molecule has 0 spiro atoms. The van der Waals surface area contributed by atoms with Crippen LogP contribution in [0.5, 0.6) is 11.5 Å². The number of carbonyl (C=O) groups excluding carboxylic acids is 2. The van der Waals surface area contributed by atoms with Crippen LogP contribution in [0.15, 0.2) is 53.5 Å². The molecule has 1 fully saturated rings. The van der Waals surface area contributed by atoms with Gasteiger partial charge in [-0.05, 0) is 50.1 Å². The lowest BCUT2D eigenvalue weighted by molar-refractivity contribution is -0.125. The molecular weight excluding hydrogens is 396 g/mol. The topological polar surface area (TPSA) is 83.5 Å². The van der Waals surface area contributed by atoms with Gasteiger partial charge >= 0.3 is 0 Å². The Morgan fingerprint density at radius 1 is 1.13 bits per heavy atom. The SMILES string of the molecule is COc1ccc(OC)c([C@H]2CCCN2C(=O)C2=N[C@H](C)C(=O)N(c3ccccc3)N2)c1. The molecule has 2 aromatic rings. The van der Waals surface area contributed by atoms with Crippen LogP contribution in [0.4, 0.5) is 5.69 Å². The molecule has 1 N–H and O–H groups in total. The van der Waals surface area contributed by atoms with E-state index in [1.165, 1.54) is 5.01 Å². The number of aliphatic imine (C=N–C) groups is 1. The first-order valence-electron chi connectivity index (χ1n) is 10.3. The van der Waals surface area contributed by atoms with Crippen LogP contribution in [-0.4, -0.2) is 49.4 Å². The number of hydrogen-bond acceptors (Lipinski definition) is 6. The summed E-state index contributed by atoms with van der Waals surface area (Å²) in [6, 6.07) is 13.9. The molecule has 0 radical (unpaired) electrons. The Morgan fingerprint density at radius 2 is 1.90 bits per heavy atom. The zero-order valence-corrected chi connectivity index (χ0v) is 17.9. The highest BCUT2D eigenvalue weighted by molar-refractivity contribution is 6.39. The number of hydrogen-bond donors (Lipinski definition) is 1. The minimum absolute atomic E-state index is 0.157. The van der Waals surface area contributed by atoms with Gasteiger partial charge in [0, 0.05) is 12.1 Å². The van der Waals surface area contributed by atoms with E-state index in [0.717, 1.165) is 18.4 Å². The van der Waals surface area contributed by atoms with Crippen LogP contribution in [0.25, 0.3) is 0 Å². The third kappa shape index (κ3) is 3.93. The van der Waals surface area contributed by atoms with E-state index >= 15 is 0 Å². The van der Waals surface area contributed by atoms with Gasteiger partial charge in [-0.2, -0.15) is 0 Å². The third-order valence-electron chi connectivity index (χ3n) is 5.64. The maximum absolute atomic E-state index is 13.5. The molecule has 0 saturated carbocycles. The van der Waals surface area contributed by atoms with E-state index in [1.807, 2.05) is 48.5 Å². The Balaban J connectivity index is 1.63. The summed E-state index contributed by atoms with van der Waals surface area (Å²) in [4.78, 5) is 32.3. The third-order valence-corrected chi connectivity index (χ3v) is 5.64. The van der Waals surface area contributed by atoms with E-state index in [9.17, 15) is 9.59 Å². The number of hydrazine groups is 1. The van der Waals surface area contributed by atoms with Gasteiger partial charge in [0.1, 0.15) is 17.5 Å². The molecule has 1 saturated heterocycles. The summed E-state index contributed by atoms with van der Waals surface area (Å²) in [5.41, 5.74) is 4.49. The average Bonchev–Trinajstić information content (AvgIpc) is 3.30. The Bertz CT molecular complexity index is 1010. The maximum Gasteiger partial charge on any atom is 0.291 e. The monoisotopic (exact) mass is 422 g/mol. The molecular formula is C23H26N4O4. The Morgan fingerprint density at radius 3 is 2.61 bits per heavy atom. The highest BCUT2D eigenvalue weighted by Crippen LogP contribution is 2.39. The first-order chi connectivity index (χ1) is 15.0. The van der Waals surface area contributed by atoms with Crippen molar-refractivity contribution >= 4 is 23.3 Å². The second-order valence-corrected chi connectivity index (χ2v) is 7.54. The molecule has 0 unspecified atom stereocenters. The molecule has 8 nitrogen and oxygen atoms in total. The van der Waals surface area contributed by atoms with Gasteiger partial charge in [0.25, 0.3) is 11.8 Å². The van der Waals surface area contributed by atoms with Crippen LogP contribution >= 0.6 is 0 Å². The van der Waals surface area contributed by atoms with Gasteiger partial charge in [0.2, 0.25) is 5.84 Å². The van der Waals surface area contributed by atoms with Crippen LogP contribution in [0.3, 0.4) is 0 Å². The van der Waals surface area contributed by atoms with E-state index in [4.69, 9.17) is 9.47 Å². The number of methoxy groups -OCH3 is 2. The van der Waals surface area contributed by atoms with Gasteiger partial charge in [-0.3, -0.25) is 15.0 Å². The van der Waals surface area contributed by atoms with Crippen molar-refractivity contribution in [2.45, 2.75) is 31.8 Å². The predicted molar refractivity (Wildman–Crippen MR) is 117 cm³/mol. The Kier molecular flexibility index (Phi) is 5.79. The van der Waals surface area contributed by atoms with Crippen molar-refractivity contribution in [2.75, 3.05) is 25.8 Å².